The zero-order valence-electron chi connectivity index (χ0n) is 10.00. The maximum absolute atomic E-state index is 11.6. The van der Waals surface area contributed by atoms with Gasteiger partial charge in [0.15, 0.2) is 0 Å². The van der Waals surface area contributed by atoms with Crippen molar-refractivity contribution >= 4 is 5.91 Å². The van der Waals surface area contributed by atoms with Crippen LogP contribution in [0.15, 0.2) is 0 Å². The second-order valence-corrected chi connectivity index (χ2v) is 5.11. The maximum Gasteiger partial charge on any atom is 0.234 e. The van der Waals surface area contributed by atoms with E-state index in [2.05, 4.69) is 17.6 Å². The molecule has 1 saturated carbocycles. The number of ether oxygens (including phenoxy) is 1. The molecule has 0 atom stereocenters. The number of rotatable bonds is 4. The normalized spacial score (nSPS) is 30.8. The van der Waals surface area contributed by atoms with E-state index < -0.39 is 0 Å². The fraction of sp³-hybridized carbons (Fsp3) is 0.917. The Balaban J connectivity index is 1.57. The van der Waals surface area contributed by atoms with E-state index in [1.807, 2.05) is 0 Å². The van der Waals surface area contributed by atoms with Crippen LogP contribution in [0.3, 0.4) is 0 Å². The Hall–Kier alpha value is -0.610. The molecule has 0 aromatic carbocycles. The average molecular weight is 226 g/mol. The lowest BCUT2D eigenvalue weighted by atomic mass is 9.82. The third-order valence-corrected chi connectivity index (χ3v) is 3.51. The number of hydrogen-bond donors (Lipinski definition) is 2. The van der Waals surface area contributed by atoms with Crippen LogP contribution in [0.1, 0.15) is 32.6 Å². The molecular weight excluding hydrogens is 204 g/mol. The van der Waals surface area contributed by atoms with Gasteiger partial charge in [0.1, 0.15) is 0 Å². The van der Waals surface area contributed by atoms with Gasteiger partial charge in [0.05, 0.1) is 6.54 Å². The van der Waals surface area contributed by atoms with Crippen LogP contribution in [0.2, 0.25) is 0 Å². The Kier molecular flexibility index (Phi) is 4.18. The summed E-state index contributed by atoms with van der Waals surface area (Å²) in [4.78, 5) is 11.6. The van der Waals surface area contributed by atoms with E-state index in [1.54, 1.807) is 0 Å². The van der Waals surface area contributed by atoms with Gasteiger partial charge in [-0.3, -0.25) is 4.79 Å². The van der Waals surface area contributed by atoms with E-state index in [0.717, 1.165) is 32.0 Å². The van der Waals surface area contributed by atoms with Crippen LogP contribution in [0.5, 0.6) is 0 Å². The topological polar surface area (TPSA) is 50.4 Å². The van der Waals surface area contributed by atoms with Crippen LogP contribution >= 0.6 is 0 Å². The Morgan fingerprint density at radius 2 is 1.94 bits per heavy atom. The first-order valence-electron chi connectivity index (χ1n) is 6.34. The third-order valence-electron chi connectivity index (χ3n) is 3.51. The quantitative estimate of drug-likeness (QED) is 0.741. The van der Waals surface area contributed by atoms with Gasteiger partial charge in [0.2, 0.25) is 5.91 Å². The van der Waals surface area contributed by atoms with Crippen molar-refractivity contribution < 1.29 is 9.53 Å². The first kappa shape index (κ1) is 11.9. The van der Waals surface area contributed by atoms with Gasteiger partial charge >= 0.3 is 0 Å². The highest BCUT2D eigenvalue weighted by Crippen LogP contribution is 2.25. The zero-order valence-corrected chi connectivity index (χ0v) is 10.00. The van der Waals surface area contributed by atoms with Crippen molar-refractivity contribution in [3.05, 3.63) is 0 Å². The summed E-state index contributed by atoms with van der Waals surface area (Å²) >= 11 is 0. The lowest BCUT2D eigenvalue weighted by Crippen LogP contribution is -2.47. The molecule has 4 nitrogen and oxygen atoms in total. The fourth-order valence-electron chi connectivity index (χ4n) is 2.43. The monoisotopic (exact) mass is 226 g/mol. The highest BCUT2D eigenvalue weighted by molar-refractivity contribution is 5.78. The molecule has 1 aliphatic heterocycles. The second-order valence-electron chi connectivity index (χ2n) is 5.11. The molecule has 1 saturated heterocycles. The van der Waals surface area contributed by atoms with Crippen molar-refractivity contribution in [2.75, 3.05) is 19.8 Å². The van der Waals surface area contributed by atoms with Gasteiger partial charge in [-0.2, -0.15) is 0 Å². The summed E-state index contributed by atoms with van der Waals surface area (Å²) in [6.07, 6.45) is 4.33. The van der Waals surface area contributed by atoms with Crippen molar-refractivity contribution in [3.8, 4) is 0 Å². The zero-order chi connectivity index (χ0) is 11.4. The molecule has 92 valence electrons. The third kappa shape index (κ3) is 3.46. The largest absolute Gasteiger partial charge is 0.381 e. The number of amides is 1. The van der Waals surface area contributed by atoms with Gasteiger partial charge in [0.25, 0.3) is 0 Å². The number of carbonyl (C=O) groups excluding carboxylic acids is 1. The molecule has 16 heavy (non-hydrogen) atoms. The van der Waals surface area contributed by atoms with E-state index in [9.17, 15) is 4.79 Å². The molecule has 0 spiro atoms. The Bertz CT molecular complexity index is 233. The molecule has 2 aliphatic rings. The molecule has 0 radical (unpaired) electrons. The lowest BCUT2D eigenvalue weighted by molar-refractivity contribution is -0.121. The predicted octanol–water partition coefficient (Wildman–Crippen LogP) is 0.670. The van der Waals surface area contributed by atoms with Gasteiger partial charge in [-0.1, -0.05) is 6.92 Å². The summed E-state index contributed by atoms with van der Waals surface area (Å²) in [7, 11) is 0. The fourth-order valence-corrected chi connectivity index (χ4v) is 2.43. The molecule has 1 amide bonds. The summed E-state index contributed by atoms with van der Waals surface area (Å²) in [5, 5.41) is 6.35. The van der Waals surface area contributed by atoms with Crippen LogP contribution in [-0.4, -0.2) is 37.7 Å². The maximum atomic E-state index is 11.6. The molecule has 0 unspecified atom stereocenters. The first-order valence-corrected chi connectivity index (χ1v) is 6.34. The molecular formula is C12H22N2O2. The van der Waals surface area contributed by atoms with E-state index in [-0.39, 0.29) is 5.91 Å². The standard InChI is InChI=1S/C12H22N2O2/c1-9-6-11(7-9)13-8-12(15)14-10-2-4-16-5-3-10/h9-11,13H,2-8H2,1H3,(H,14,15). The second kappa shape index (κ2) is 5.64. The minimum absolute atomic E-state index is 0.131. The van der Waals surface area contributed by atoms with Gasteiger partial charge in [-0.25, -0.2) is 0 Å². The molecule has 1 heterocycles. The smallest absolute Gasteiger partial charge is 0.234 e. The molecule has 2 rings (SSSR count). The first-order chi connectivity index (χ1) is 7.74. The van der Waals surface area contributed by atoms with Gasteiger partial charge in [0, 0.05) is 25.3 Å². The Morgan fingerprint density at radius 1 is 1.25 bits per heavy atom. The van der Waals surface area contributed by atoms with Crippen molar-refractivity contribution in [2.24, 2.45) is 5.92 Å². The summed E-state index contributed by atoms with van der Waals surface area (Å²) in [5.41, 5.74) is 0. The van der Waals surface area contributed by atoms with E-state index in [4.69, 9.17) is 4.74 Å². The molecule has 0 aromatic rings. The van der Waals surface area contributed by atoms with Crippen LogP contribution in [-0.2, 0) is 9.53 Å². The highest BCUT2D eigenvalue weighted by Gasteiger charge is 2.25. The van der Waals surface area contributed by atoms with Gasteiger partial charge in [-0.15, -0.1) is 0 Å². The van der Waals surface area contributed by atoms with Crippen molar-refractivity contribution in [2.45, 2.75) is 44.7 Å². The van der Waals surface area contributed by atoms with Crippen molar-refractivity contribution in [1.82, 2.24) is 10.6 Å². The van der Waals surface area contributed by atoms with Crippen molar-refractivity contribution in [1.29, 1.82) is 0 Å². The average Bonchev–Trinajstić information content (AvgIpc) is 2.24. The van der Waals surface area contributed by atoms with Crippen LogP contribution < -0.4 is 10.6 Å². The molecule has 0 bridgehead atoms. The minimum atomic E-state index is 0.131. The SMILES string of the molecule is CC1CC(NCC(=O)NC2CCOCC2)C1. The minimum Gasteiger partial charge on any atom is -0.381 e. The van der Waals surface area contributed by atoms with Crippen LogP contribution in [0.4, 0.5) is 0 Å². The molecule has 1 aliphatic carbocycles. The lowest BCUT2D eigenvalue weighted by Gasteiger charge is -2.33. The van der Waals surface area contributed by atoms with E-state index >= 15 is 0 Å². The molecule has 0 aromatic heterocycles. The number of nitrogens with one attached hydrogen (secondary N) is 2. The summed E-state index contributed by atoms with van der Waals surface area (Å²) < 4.78 is 5.25. The number of hydrogen-bond acceptors (Lipinski definition) is 3. The van der Waals surface area contributed by atoms with Gasteiger partial charge in [-0.05, 0) is 31.6 Å². The Morgan fingerprint density at radius 3 is 2.56 bits per heavy atom. The van der Waals surface area contributed by atoms with E-state index in [1.165, 1.54) is 12.8 Å². The van der Waals surface area contributed by atoms with Crippen LogP contribution in [0, 0.1) is 5.92 Å². The molecule has 2 fully saturated rings. The highest BCUT2D eigenvalue weighted by atomic mass is 16.5. The van der Waals surface area contributed by atoms with Gasteiger partial charge < -0.3 is 15.4 Å². The summed E-state index contributed by atoms with van der Waals surface area (Å²) in [6.45, 7) is 4.27. The van der Waals surface area contributed by atoms with Crippen molar-refractivity contribution in [3.63, 3.8) is 0 Å². The predicted molar refractivity (Wildman–Crippen MR) is 62.2 cm³/mol. The summed E-state index contributed by atoms with van der Waals surface area (Å²) in [6, 6.07) is 0.888. The number of carbonyl (C=O) groups is 1. The summed E-state index contributed by atoms with van der Waals surface area (Å²) in [5.74, 6) is 0.961. The Labute approximate surface area is 97.1 Å². The molecule has 4 heteroatoms. The molecule has 2 N–H and O–H groups in total. The van der Waals surface area contributed by atoms with Crippen LogP contribution in [0.25, 0.3) is 0 Å². The van der Waals surface area contributed by atoms with E-state index in [0.29, 0.717) is 18.6 Å².